The Morgan fingerprint density at radius 1 is 1.32 bits per heavy atom. The average molecular weight is 276 g/mol. The zero-order chi connectivity index (χ0) is 13.7. The van der Waals surface area contributed by atoms with Crippen molar-refractivity contribution in [2.24, 2.45) is 16.5 Å². The first-order valence-electron chi connectivity index (χ1n) is 5.34. The van der Waals surface area contributed by atoms with Crippen LogP contribution in [-0.2, 0) is 5.75 Å². The lowest BCUT2D eigenvalue weighted by Crippen LogP contribution is -2.23. The average Bonchev–Trinajstić information content (AvgIpc) is 2.85. The van der Waals surface area contributed by atoms with Gasteiger partial charge in [-0.1, -0.05) is 47.3 Å². The number of nitrogens with two attached hydrogens (primary N) is 2. The minimum atomic E-state index is -0.145. The topological polar surface area (TPSA) is 127 Å². The summed E-state index contributed by atoms with van der Waals surface area (Å²) in [5, 5.41) is 11.3. The molecule has 0 saturated carbocycles. The number of aliphatic imine (C=N–C) groups is 1. The minimum absolute atomic E-state index is 0.000499. The van der Waals surface area contributed by atoms with Gasteiger partial charge in [0.15, 0.2) is 11.1 Å². The number of aromatic nitrogens is 2. The standard InChI is InChI=1S/C11H12N6OS/c12-10(13)16-11(14)19-6-8-15-9(17-18-8)7-4-2-1-3-5-7/h1-5H,6H2,(H5,12,13,14,16). The van der Waals surface area contributed by atoms with Crippen molar-refractivity contribution in [1.29, 1.82) is 5.41 Å². The van der Waals surface area contributed by atoms with Crippen LogP contribution in [-0.4, -0.2) is 21.3 Å². The largest absolute Gasteiger partial charge is 0.370 e. The maximum atomic E-state index is 7.46. The lowest BCUT2D eigenvalue weighted by atomic mass is 10.2. The Bertz CT molecular complexity index is 590. The van der Waals surface area contributed by atoms with Gasteiger partial charge in [-0.25, -0.2) is 0 Å². The van der Waals surface area contributed by atoms with E-state index < -0.39 is 0 Å². The van der Waals surface area contributed by atoms with Crippen molar-refractivity contribution in [3.05, 3.63) is 36.2 Å². The molecule has 0 atom stereocenters. The predicted octanol–water partition coefficient (Wildman–Crippen LogP) is 1.18. The molecule has 1 heterocycles. The van der Waals surface area contributed by atoms with Crippen LogP contribution in [0.25, 0.3) is 11.4 Å². The van der Waals surface area contributed by atoms with Crippen molar-refractivity contribution in [3.63, 3.8) is 0 Å². The second-order valence-electron chi connectivity index (χ2n) is 3.51. The van der Waals surface area contributed by atoms with E-state index in [1.54, 1.807) is 0 Å². The SMILES string of the molecule is N=C(N=C(N)N)SCc1nc(-c2ccccc2)no1. The molecule has 0 amide bonds. The number of amidine groups is 1. The monoisotopic (exact) mass is 276 g/mol. The second-order valence-corrected chi connectivity index (χ2v) is 4.47. The molecule has 19 heavy (non-hydrogen) atoms. The predicted molar refractivity (Wildman–Crippen MR) is 74.6 cm³/mol. The summed E-state index contributed by atoms with van der Waals surface area (Å²) in [5.74, 6) is 1.13. The summed E-state index contributed by atoms with van der Waals surface area (Å²) >= 11 is 1.11. The summed E-state index contributed by atoms with van der Waals surface area (Å²) in [6.45, 7) is 0. The molecule has 0 aliphatic carbocycles. The van der Waals surface area contributed by atoms with E-state index in [9.17, 15) is 0 Å². The quantitative estimate of drug-likeness (QED) is 0.570. The number of guanidine groups is 1. The molecule has 2 aromatic rings. The van der Waals surface area contributed by atoms with Gasteiger partial charge in [-0.3, -0.25) is 5.41 Å². The first-order valence-corrected chi connectivity index (χ1v) is 6.32. The van der Waals surface area contributed by atoms with Crippen molar-refractivity contribution in [2.75, 3.05) is 0 Å². The molecule has 0 spiro atoms. The Labute approximate surface area is 113 Å². The van der Waals surface area contributed by atoms with Crippen LogP contribution in [0.3, 0.4) is 0 Å². The van der Waals surface area contributed by atoms with Crippen LogP contribution in [0.5, 0.6) is 0 Å². The molecule has 0 unspecified atom stereocenters. The highest BCUT2D eigenvalue weighted by Crippen LogP contribution is 2.18. The van der Waals surface area contributed by atoms with Gasteiger partial charge in [-0.05, 0) is 0 Å². The maximum absolute atomic E-state index is 7.46. The summed E-state index contributed by atoms with van der Waals surface area (Å²) < 4.78 is 5.08. The van der Waals surface area contributed by atoms with Gasteiger partial charge in [0.1, 0.15) is 0 Å². The van der Waals surface area contributed by atoms with E-state index in [0.717, 1.165) is 17.3 Å². The third-order valence-electron chi connectivity index (χ3n) is 2.06. The van der Waals surface area contributed by atoms with E-state index in [4.69, 9.17) is 21.4 Å². The highest BCUT2D eigenvalue weighted by Gasteiger charge is 2.09. The first-order chi connectivity index (χ1) is 9.15. The molecule has 0 radical (unpaired) electrons. The van der Waals surface area contributed by atoms with Crippen LogP contribution in [0.1, 0.15) is 5.89 Å². The van der Waals surface area contributed by atoms with E-state index in [0.29, 0.717) is 17.5 Å². The molecule has 5 N–H and O–H groups in total. The van der Waals surface area contributed by atoms with Crippen molar-refractivity contribution in [2.45, 2.75) is 5.75 Å². The van der Waals surface area contributed by atoms with Gasteiger partial charge in [0.25, 0.3) is 0 Å². The summed E-state index contributed by atoms with van der Waals surface area (Å²) in [5.41, 5.74) is 11.2. The fraction of sp³-hybridized carbons (Fsp3) is 0.0909. The Hall–Kier alpha value is -2.35. The van der Waals surface area contributed by atoms with Gasteiger partial charge in [-0.2, -0.15) is 9.98 Å². The van der Waals surface area contributed by atoms with E-state index in [2.05, 4.69) is 15.1 Å². The van der Waals surface area contributed by atoms with Crippen molar-refractivity contribution in [3.8, 4) is 11.4 Å². The van der Waals surface area contributed by atoms with Crippen molar-refractivity contribution >= 4 is 22.9 Å². The summed E-state index contributed by atoms with van der Waals surface area (Å²) in [6.07, 6.45) is 0. The zero-order valence-electron chi connectivity index (χ0n) is 9.91. The van der Waals surface area contributed by atoms with Gasteiger partial charge in [0, 0.05) is 5.56 Å². The van der Waals surface area contributed by atoms with E-state index in [-0.39, 0.29) is 11.1 Å². The second kappa shape index (κ2) is 6.01. The van der Waals surface area contributed by atoms with Crippen LogP contribution in [0.4, 0.5) is 0 Å². The number of benzene rings is 1. The fourth-order valence-electron chi connectivity index (χ4n) is 1.30. The normalized spacial score (nSPS) is 10.1. The molecule has 0 aliphatic rings. The first kappa shape index (κ1) is 13.1. The number of rotatable bonds is 3. The van der Waals surface area contributed by atoms with Gasteiger partial charge in [0.2, 0.25) is 11.7 Å². The Balaban J connectivity index is 1.99. The number of thioether (sulfide) groups is 1. The lowest BCUT2D eigenvalue weighted by molar-refractivity contribution is 0.392. The molecular weight excluding hydrogens is 264 g/mol. The zero-order valence-corrected chi connectivity index (χ0v) is 10.7. The number of hydrogen-bond acceptors (Lipinski definition) is 5. The number of nitrogens with zero attached hydrogens (tertiary/aromatic N) is 3. The van der Waals surface area contributed by atoms with Crippen LogP contribution < -0.4 is 11.5 Å². The van der Waals surface area contributed by atoms with E-state index >= 15 is 0 Å². The highest BCUT2D eigenvalue weighted by atomic mass is 32.2. The number of hydrogen-bond donors (Lipinski definition) is 3. The maximum Gasteiger partial charge on any atom is 0.237 e. The van der Waals surface area contributed by atoms with Crippen molar-refractivity contribution in [1.82, 2.24) is 10.1 Å². The summed E-state index contributed by atoms with van der Waals surface area (Å²) in [6, 6.07) is 9.49. The molecular formula is C11H12N6OS. The molecule has 98 valence electrons. The van der Waals surface area contributed by atoms with Crippen LogP contribution in [0.15, 0.2) is 39.8 Å². The van der Waals surface area contributed by atoms with Gasteiger partial charge >= 0.3 is 0 Å². The van der Waals surface area contributed by atoms with Crippen LogP contribution in [0.2, 0.25) is 0 Å². The van der Waals surface area contributed by atoms with E-state index in [1.807, 2.05) is 30.3 Å². The third kappa shape index (κ3) is 3.81. The van der Waals surface area contributed by atoms with Crippen LogP contribution in [0, 0.1) is 5.41 Å². The molecule has 0 saturated heterocycles. The highest BCUT2D eigenvalue weighted by molar-refractivity contribution is 8.13. The molecule has 7 nitrogen and oxygen atoms in total. The van der Waals surface area contributed by atoms with E-state index in [1.165, 1.54) is 0 Å². The van der Waals surface area contributed by atoms with Crippen molar-refractivity contribution < 1.29 is 4.52 Å². The molecule has 0 aliphatic heterocycles. The number of nitrogens with one attached hydrogen (secondary N) is 1. The molecule has 1 aromatic heterocycles. The third-order valence-corrected chi connectivity index (χ3v) is 2.82. The van der Waals surface area contributed by atoms with Gasteiger partial charge in [0.05, 0.1) is 5.75 Å². The molecule has 1 aromatic carbocycles. The van der Waals surface area contributed by atoms with Gasteiger partial charge in [-0.15, -0.1) is 0 Å². The summed E-state index contributed by atoms with van der Waals surface area (Å²) in [4.78, 5) is 7.81. The Morgan fingerprint density at radius 2 is 2.05 bits per heavy atom. The molecule has 0 bridgehead atoms. The lowest BCUT2D eigenvalue weighted by Gasteiger charge is -1.94. The Kier molecular flexibility index (Phi) is 4.14. The van der Waals surface area contributed by atoms with Crippen LogP contribution >= 0.6 is 11.8 Å². The fourth-order valence-corrected chi connectivity index (χ4v) is 1.85. The molecule has 2 rings (SSSR count). The van der Waals surface area contributed by atoms with Gasteiger partial charge < -0.3 is 16.0 Å². The minimum Gasteiger partial charge on any atom is -0.370 e. The molecule has 8 heteroatoms. The summed E-state index contributed by atoms with van der Waals surface area (Å²) in [7, 11) is 0. The smallest absolute Gasteiger partial charge is 0.237 e. The Morgan fingerprint density at radius 3 is 2.74 bits per heavy atom. The molecule has 0 fully saturated rings.